The van der Waals surface area contributed by atoms with Crippen LogP contribution in [0.15, 0.2) is 5.38 Å². The molecule has 13 heavy (non-hydrogen) atoms. The van der Waals surface area contributed by atoms with Crippen molar-refractivity contribution in [2.75, 3.05) is 13.1 Å². The summed E-state index contributed by atoms with van der Waals surface area (Å²) in [6.07, 6.45) is 2.68. The minimum absolute atomic E-state index is 0.546. The van der Waals surface area contributed by atoms with E-state index in [1.54, 1.807) is 11.3 Å². The number of hydrogen-bond donors (Lipinski definition) is 0. The third-order valence-corrected chi connectivity index (χ3v) is 3.61. The van der Waals surface area contributed by atoms with Gasteiger partial charge in [0.1, 0.15) is 5.01 Å². The highest BCUT2D eigenvalue weighted by Crippen LogP contribution is 2.16. The van der Waals surface area contributed by atoms with Gasteiger partial charge < -0.3 is 0 Å². The van der Waals surface area contributed by atoms with Crippen LogP contribution in [-0.2, 0) is 12.4 Å². The van der Waals surface area contributed by atoms with Crippen LogP contribution in [0.4, 0.5) is 0 Å². The largest absolute Gasteiger partial charge is 0.297 e. The van der Waals surface area contributed by atoms with Crippen molar-refractivity contribution in [2.45, 2.75) is 25.3 Å². The SMILES string of the molecule is ClCc1nc(CN2CCCC2)cs1. The lowest BCUT2D eigenvalue weighted by Crippen LogP contribution is -2.18. The Bertz CT molecular complexity index is 268. The van der Waals surface area contributed by atoms with E-state index in [-0.39, 0.29) is 0 Å². The predicted octanol–water partition coefficient (Wildman–Crippen LogP) is 2.48. The van der Waals surface area contributed by atoms with Crippen LogP contribution in [0.5, 0.6) is 0 Å². The number of hydrogen-bond acceptors (Lipinski definition) is 3. The van der Waals surface area contributed by atoms with E-state index < -0.39 is 0 Å². The quantitative estimate of drug-likeness (QED) is 0.722. The molecule has 0 aromatic carbocycles. The third-order valence-electron chi connectivity index (χ3n) is 2.30. The lowest BCUT2D eigenvalue weighted by atomic mass is 10.4. The molecule has 0 aliphatic carbocycles. The highest BCUT2D eigenvalue weighted by atomic mass is 35.5. The second-order valence-electron chi connectivity index (χ2n) is 3.35. The summed E-state index contributed by atoms with van der Waals surface area (Å²) in [4.78, 5) is 6.89. The first-order valence-electron chi connectivity index (χ1n) is 4.60. The molecule has 0 bridgehead atoms. The second kappa shape index (κ2) is 4.40. The zero-order valence-electron chi connectivity index (χ0n) is 7.50. The first-order valence-corrected chi connectivity index (χ1v) is 6.01. The standard InChI is InChI=1S/C9H13ClN2S/c10-5-9-11-8(7-13-9)6-12-3-1-2-4-12/h7H,1-6H2. The van der Waals surface area contributed by atoms with Gasteiger partial charge in [-0.05, 0) is 25.9 Å². The lowest BCUT2D eigenvalue weighted by molar-refractivity contribution is 0.328. The topological polar surface area (TPSA) is 16.1 Å². The van der Waals surface area contributed by atoms with Crippen molar-refractivity contribution in [3.63, 3.8) is 0 Å². The molecule has 0 amide bonds. The van der Waals surface area contributed by atoms with Crippen molar-refractivity contribution in [3.8, 4) is 0 Å². The first kappa shape index (κ1) is 9.44. The number of rotatable bonds is 3. The molecule has 0 spiro atoms. The predicted molar refractivity (Wildman–Crippen MR) is 56.2 cm³/mol. The monoisotopic (exact) mass is 216 g/mol. The van der Waals surface area contributed by atoms with E-state index in [0.717, 1.165) is 11.6 Å². The molecule has 2 heterocycles. The number of aromatic nitrogens is 1. The molecule has 72 valence electrons. The Morgan fingerprint density at radius 3 is 2.85 bits per heavy atom. The average molecular weight is 217 g/mol. The van der Waals surface area contributed by atoms with Gasteiger partial charge in [0.05, 0.1) is 11.6 Å². The maximum absolute atomic E-state index is 5.69. The zero-order chi connectivity index (χ0) is 9.10. The third kappa shape index (κ3) is 2.42. The fourth-order valence-electron chi connectivity index (χ4n) is 1.65. The highest BCUT2D eigenvalue weighted by Gasteiger charge is 2.12. The Morgan fingerprint density at radius 2 is 2.23 bits per heavy atom. The number of alkyl halides is 1. The van der Waals surface area contributed by atoms with Gasteiger partial charge in [0.2, 0.25) is 0 Å². The van der Waals surface area contributed by atoms with E-state index in [1.165, 1.54) is 31.6 Å². The van der Waals surface area contributed by atoms with Crippen LogP contribution in [0.25, 0.3) is 0 Å². The van der Waals surface area contributed by atoms with E-state index in [2.05, 4.69) is 15.3 Å². The van der Waals surface area contributed by atoms with Crippen LogP contribution in [0.1, 0.15) is 23.5 Å². The molecular formula is C9H13ClN2S. The Labute approximate surface area is 87.5 Å². The molecule has 1 aliphatic heterocycles. The van der Waals surface area contributed by atoms with Gasteiger partial charge in [-0.25, -0.2) is 4.98 Å². The summed E-state index contributed by atoms with van der Waals surface area (Å²) in [5.41, 5.74) is 1.18. The minimum atomic E-state index is 0.546. The summed E-state index contributed by atoms with van der Waals surface area (Å²) in [5.74, 6) is 0.546. The molecule has 4 heteroatoms. The molecule has 0 unspecified atom stereocenters. The molecule has 0 atom stereocenters. The van der Waals surface area contributed by atoms with Gasteiger partial charge in [0, 0.05) is 11.9 Å². The van der Waals surface area contributed by atoms with Crippen molar-refractivity contribution in [2.24, 2.45) is 0 Å². The number of halogens is 1. The number of likely N-dealkylation sites (tertiary alicyclic amines) is 1. The summed E-state index contributed by atoms with van der Waals surface area (Å²) in [7, 11) is 0. The normalized spacial score (nSPS) is 18.2. The summed E-state index contributed by atoms with van der Waals surface area (Å²) >= 11 is 7.35. The molecule has 2 rings (SSSR count). The fraction of sp³-hybridized carbons (Fsp3) is 0.667. The maximum Gasteiger partial charge on any atom is 0.108 e. The maximum atomic E-state index is 5.69. The van der Waals surface area contributed by atoms with Crippen LogP contribution < -0.4 is 0 Å². The molecule has 2 nitrogen and oxygen atoms in total. The first-order chi connectivity index (χ1) is 6.38. The molecular weight excluding hydrogens is 204 g/mol. The molecule has 1 aromatic heterocycles. The Kier molecular flexibility index (Phi) is 3.19. The lowest BCUT2D eigenvalue weighted by Gasteiger charge is -2.11. The van der Waals surface area contributed by atoms with Crippen LogP contribution >= 0.6 is 22.9 Å². The smallest absolute Gasteiger partial charge is 0.108 e. The summed E-state index contributed by atoms with van der Waals surface area (Å²) < 4.78 is 0. The van der Waals surface area contributed by atoms with Crippen LogP contribution in [0, 0.1) is 0 Å². The molecule has 1 aliphatic rings. The number of thiazole rings is 1. The summed E-state index contributed by atoms with van der Waals surface area (Å²) in [6, 6.07) is 0. The number of nitrogens with zero attached hydrogens (tertiary/aromatic N) is 2. The van der Waals surface area contributed by atoms with Gasteiger partial charge in [-0.2, -0.15) is 0 Å². The van der Waals surface area contributed by atoms with Gasteiger partial charge in [-0.15, -0.1) is 22.9 Å². The molecule has 1 saturated heterocycles. The molecule has 1 fully saturated rings. The van der Waals surface area contributed by atoms with Gasteiger partial charge in [0.15, 0.2) is 0 Å². The summed E-state index contributed by atoms with van der Waals surface area (Å²) in [5, 5.41) is 3.16. The van der Waals surface area contributed by atoms with Crippen molar-refractivity contribution in [1.29, 1.82) is 0 Å². The van der Waals surface area contributed by atoms with E-state index in [9.17, 15) is 0 Å². The Balaban J connectivity index is 1.92. The van der Waals surface area contributed by atoms with Gasteiger partial charge in [0.25, 0.3) is 0 Å². The molecule has 0 N–H and O–H groups in total. The van der Waals surface area contributed by atoms with Gasteiger partial charge in [-0.3, -0.25) is 4.90 Å². The average Bonchev–Trinajstić information content (AvgIpc) is 2.76. The zero-order valence-corrected chi connectivity index (χ0v) is 9.07. The molecule has 0 saturated carbocycles. The van der Waals surface area contributed by atoms with Crippen molar-refractivity contribution in [1.82, 2.24) is 9.88 Å². The summed E-state index contributed by atoms with van der Waals surface area (Å²) in [6.45, 7) is 3.47. The van der Waals surface area contributed by atoms with Gasteiger partial charge >= 0.3 is 0 Å². The highest BCUT2D eigenvalue weighted by molar-refractivity contribution is 7.09. The minimum Gasteiger partial charge on any atom is -0.297 e. The van der Waals surface area contributed by atoms with E-state index in [4.69, 9.17) is 11.6 Å². The Hall–Kier alpha value is -0.120. The molecule has 0 radical (unpaired) electrons. The van der Waals surface area contributed by atoms with Gasteiger partial charge in [-0.1, -0.05) is 0 Å². The van der Waals surface area contributed by atoms with Crippen molar-refractivity contribution >= 4 is 22.9 Å². The van der Waals surface area contributed by atoms with Crippen molar-refractivity contribution in [3.05, 3.63) is 16.1 Å². The molecule has 1 aromatic rings. The van der Waals surface area contributed by atoms with E-state index in [1.807, 2.05) is 0 Å². The second-order valence-corrected chi connectivity index (χ2v) is 4.56. The van der Waals surface area contributed by atoms with Crippen LogP contribution in [0.2, 0.25) is 0 Å². The van der Waals surface area contributed by atoms with Crippen LogP contribution in [0.3, 0.4) is 0 Å². The van der Waals surface area contributed by atoms with Crippen LogP contribution in [-0.4, -0.2) is 23.0 Å². The fourth-order valence-corrected chi connectivity index (χ4v) is 2.53. The van der Waals surface area contributed by atoms with E-state index in [0.29, 0.717) is 5.88 Å². The van der Waals surface area contributed by atoms with E-state index >= 15 is 0 Å². The van der Waals surface area contributed by atoms with Crippen molar-refractivity contribution < 1.29 is 0 Å². The Morgan fingerprint density at radius 1 is 1.46 bits per heavy atom.